The fourth-order valence-corrected chi connectivity index (χ4v) is 4.18. The average Bonchev–Trinajstić information content (AvgIpc) is 3.54. The van der Waals surface area contributed by atoms with Crippen LogP contribution < -0.4 is 15.0 Å². The predicted molar refractivity (Wildman–Crippen MR) is 135 cm³/mol. The molecule has 0 bridgehead atoms. The van der Waals surface area contributed by atoms with Crippen molar-refractivity contribution in [3.63, 3.8) is 0 Å². The van der Waals surface area contributed by atoms with E-state index < -0.39 is 47.5 Å². The molecule has 2 atom stereocenters. The van der Waals surface area contributed by atoms with Gasteiger partial charge in [0.25, 0.3) is 11.8 Å². The number of ether oxygens (including phenoxy) is 3. The van der Waals surface area contributed by atoms with Gasteiger partial charge in [0.1, 0.15) is 36.2 Å². The minimum Gasteiger partial charge on any atom is -0.471 e. The number of cyclic esters (lactones) is 1. The van der Waals surface area contributed by atoms with Crippen molar-refractivity contribution in [1.82, 2.24) is 15.4 Å². The largest absolute Gasteiger partial charge is 0.471 e. The van der Waals surface area contributed by atoms with E-state index in [0.717, 1.165) is 17.0 Å². The number of amides is 3. The van der Waals surface area contributed by atoms with Crippen LogP contribution >= 0.6 is 0 Å². The Kier molecular flexibility index (Phi) is 8.57. The molecule has 2 N–H and O–H groups in total. The molecule has 0 radical (unpaired) electrons. The highest BCUT2D eigenvalue weighted by atomic mass is 19.1. The Morgan fingerprint density at radius 2 is 2.00 bits per heavy atom. The summed E-state index contributed by atoms with van der Waals surface area (Å²) in [6, 6.07) is 3.58. The van der Waals surface area contributed by atoms with Gasteiger partial charge < -0.3 is 34.1 Å². The minimum atomic E-state index is -1.51. The lowest BCUT2D eigenvalue weighted by molar-refractivity contribution is -0.139. The number of nitrogens with one attached hydrogen (secondary N) is 1. The highest BCUT2D eigenvalue weighted by molar-refractivity contribution is 5.90. The smallest absolute Gasteiger partial charge is 0.414 e. The van der Waals surface area contributed by atoms with E-state index in [2.05, 4.69) is 15.0 Å². The van der Waals surface area contributed by atoms with E-state index >= 15 is 8.78 Å². The second-order valence-corrected chi connectivity index (χ2v) is 10.2. The maximum atomic E-state index is 15.1. The van der Waals surface area contributed by atoms with E-state index in [9.17, 15) is 19.5 Å². The van der Waals surface area contributed by atoms with Crippen molar-refractivity contribution in [3.05, 3.63) is 47.7 Å². The molecule has 3 heterocycles. The predicted octanol–water partition coefficient (Wildman–Crippen LogP) is 2.86. The Morgan fingerprint density at radius 1 is 1.27 bits per heavy atom. The number of nitrogens with zero attached hydrogens (tertiary/aromatic N) is 3. The number of carbonyl (C=O) groups excluding carboxylic acids is 3. The monoisotopic (exact) mass is 564 g/mol. The summed E-state index contributed by atoms with van der Waals surface area (Å²) in [5.74, 6) is -2.18. The maximum absolute atomic E-state index is 15.1. The quantitative estimate of drug-likeness (QED) is 0.495. The van der Waals surface area contributed by atoms with Crippen LogP contribution in [0.5, 0.6) is 5.88 Å². The number of aliphatic hydroxyl groups is 1. The summed E-state index contributed by atoms with van der Waals surface area (Å²) in [6.45, 7) is 4.78. The van der Waals surface area contributed by atoms with Crippen LogP contribution in [0.25, 0.3) is 5.57 Å². The Bertz CT molecular complexity index is 1250. The lowest BCUT2D eigenvalue weighted by Gasteiger charge is -2.29. The van der Waals surface area contributed by atoms with Crippen LogP contribution in [0.2, 0.25) is 0 Å². The number of hydrogen-bond donors (Lipinski definition) is 2. The first-order valence-corrected chi connectivity index (χ1v) is 12.5. The van der Waals surface area contributed by atoms with E-state index in [4.69, 9.17) is 14.2 Å². The van der Waals surface area contributed by atoms with Crippen LogP contribution in [-0.4, -0.2) is 83.9 Å². The van der Waals surface area contributed by atoms with Gasteiger partial charge in [0.05, 0.1) is 18.8 Å². The zero-order valence-electron chi connectivity index (χ0n) is 22.2. The molecule has 14 heteroatoms. The molecule has 2 aliphatic rings. The van der Waals surface area contributed by atoms with Gasteiger partial charge in [0.15, 0.2) is 6.10 Å². The molecular weight excluding hydrogens is 534 g/mol. The van der Waals surface area contributed by atoms with E-state index in [1.165, 1.54) is 23.3 Å². The van der Waals surface area contributed by atoms with Gasteiger partial charge in [0, 0.05) is 24.7 Å². The normalized spacial score (nSPS) is 18.2. The summed E-state index contributed by atoms with van der Waals surface area (Å²) < 4.78 is 50.5. The van der Waals surface area contributed by atoms with Gasteiger partial charge in [-0.3, -0.25) is 9.69 Å². The third-order valence-corrected chi connectivity index (χ3v) is 6.01. The molecule has 1 saturated heterocycles. The Balaban J connectivity index is 1.35. The zero-order valence-corrected chi connectivity index (χ0v) is 22.2. The van der Waals surface area contributed by atoms with Gasteiger partial charge in [-0.2, -0.15) is 0 Å². The van der Waals surface area contributed by atoms with Gasteiger partial charge in [-0.25, -0.2) is 18.4 Å². The second-order valence-electron chi connectivity index (χ2n) is 10.2. The van der Waals surface area contributed by atoms with Crippen LogP contribution in [0, 0.1) is 11.6 Å². The highest BCUT2D eigenvalue weighted by Crippen LogP contribution is 2.32. The number of aliphatic hydroxyl groups excluding tert-OH is 1. The number of carbonyl (C=O) groups is 3. The lowest BCUT2D eigenvalue weighted by atomic mass is 9.97. The van der Waals surface area contributed by atoms with Crippen molar-refractivity contribution in [2.75, 3.05) is 37.7 Å². The zero-order chi connectivity index (χ0) is 29.0. The SMILES string of the molecule is CC(C)(C)OC(=O)NCC(O)C(=O)N1CC=C(c2c(F)cc(N3C[C@H](COc4ccon4)OC3=O)cc2F)CC1. The number of rotatable bonds is 8. The molecule has 1 aromatic carbocycles. The van der Waals surface area contributed by atoms with Gasteiger partial charge in [-0.15, -0.1) is 0 Å². The molecule has 3 amide bonds. The van der Waals surface area contributed by atoms with Crippen LogP contribution in [0.15, 0.2) is 35.1 Å². The Hall–Kier alpha value is -4.20. The van der Waals surface area contributed by atoms with Crippen molar-refractivity contribution in [2.24, 2.45) is 0 Å². The van der Waals surface area contributed by atoms with Gasteiger partial charge in [-0.1, -0.05) is 6.08 Å². The van der Waals surface area contributed by atoms with Crippen LogP contribution in [0.4, 0.5) is 24.1 Å². The molecule has 1 unspecified atom stereocenters. The molecule has 2 aromatic rings. The standard InChI is InChI=1S/C26H30F2N4O8/c1-26(2,3)40-24(35)29-12-20(33)23(34)31-7-4-15(5-8-31)22-18(27)10-16(11-19(22)28)32-13-17(39-25(32)36)14-37-21-6-9-38-30-21/h4,6,9-11,17,20,33H,5,7-8,12-14H2,1-3H3,(H,29,35)/t17-,20?/m1/s1. The lowest BCUT2D eigenvalue weighted by Crippen LogP contribution is -2.47. The molecule has 2 aliphatic heterocycles. The summed E-state index contributed by atoms with van der Waals surface area (Å²) in [4.78, 5) is 39.1. The average molecular weight is 565 g/mol. The summed E-state index contributed by atoms with van der Waals surface area (Å²) in [6.07, 6.45) is -0.799. The first kappa shape index (κ1) is 28.8. The molecule has 4 rings (SSSR count). The van der Waals surface area contributed by atoms with Gasteiger partial charge in [-0.05, 0) is 50.1 Å². The number of alkyl carbamates (subject to hydrolysis) is 1. The summed E-state index contributed by atoms with van der Waals surface area (Å²) in [5.41, 5.74) is -0.665. The highest BCUT2D eigenvalue weighted by Gasteiger charge is 2.34. The molecule has 40 heavy (non-hydrogen) atoms. The molecule has 0 saturated carbocycles. The van der Waals surface area contributed by atoms with E-state index in [-0.39, 0.29) is 56.3 Å². The summed E-state index contributed by atoms with van der Waals surface area (Å²) >= 11 is 0. The van der Waals surface area contributed by atoms with Crippen LogP contribution in [0.1, 0.15) is 32.8 Å². The number of benzene rings is 1. The van der Waals surface area contributed by atoms with Crippen molar-refractivity contribution in [2.45, 2.75) is 45.0 Å². The van der Waals surface area contributed by atoms with Crippen LogP contribution in [0.3, 0.4) is 0 Å². The van der Waals surface area contributed by atoms with E-state index in [1.54, 1.807) is 20.8 Å². The van der Waals surface area contributed by atoms with Crippen LogP contribution in [-0.2, 0) is 14.3 Å². The molecule has 1 fully saturated rings. The van der Waals surface area contributed by atoms with Crippen molar-refractivity contribution < 1.29 is 47.0 Å². The first-order valence-electron chi connectivity index (χ1n) is 12.5. The number of halogens is 2. The second kappa shape index (κ2) is 11.9. The van der Waals surface area contributed by atoms with Gasteiger partial charge >= 0.3 is 12.2 Å². The molecule has 0 aliphatic carbocycles. The molecule has 216 valence electrons. The molecule has 0 spiro atoms. The number of anilines is 1. The fourth-order valence-electron chi connectivity index (χ4n) is 4.18. The molecular formula is C26H30F2N4O8. The molecule has 12 nitrogen and oxygen atoms in total. The number of aromatic nitrogens is 1. The summed E-state index contributed by atoms with van der Waals surface area (Å²) in [5, 5.41) is 16.1. The maximum Gasteiger partial charge on any atom is 0.414 e. The molecule has 1 aromatic heterocycles. The minimum absolute atomic E-state index is 0.00392. The fraction of sp³-hybridized carbons (Fsp3) is 0.462. The van der Waals surface area contributed by atoms with E-state index in [0.29, 0.717) is 5.57 Å². The van der Waals surface area contributed by atoms with Gasteiger partial charge in [0.2, 0.25) is 0 Å². The topological polar surface area (TPSA) is 144 Å². The van der Waals surface area contributed by atoms with Crippen molar-refractivity contribution in [3.8, 4) is 5.88 Å². The third-order valence-electron chi connectivity index (χ3n) is 6.01. The first-order chi connectivity index (χ1) is 18.9. The number of hydrogen-bond acceptors (Lipinski definition) is 9. The van der Waals surface area contributed by atoms with Crippen molar-refractivity contribution >= 4 is 29.4 Å². The Labute approximate surface area is 228 Å². The Morgan fingerprint density at radius 3 is 2.60 bits per heavy atom. The summed E-state index contributed by atoms with van der Waals surface area (Å²) in [7, 11) is 0. The van der Waals surface area contributed by atoms with Crippen molar-refractivity contribution in [1.29, 1.82) is 0 Å². The third kappa shape index (κ3) is 7.05. The van der Waals surface area contributed by atoms with E-state index in [1.807, 2.05) is 0 Å².